The lowest BCUT2D eigenvalue weighted by Crippen LogP contribution is -2.19. The summed E-state index contributed by atoms with van der Waals surface area (Å²) in [7, 11) is 0. The molecule has 0 fully saturated rings. The van der Waals surface area contributed by atoms with Crippen LogP contribution in [0.2, 0.25) is 0 Å². The smallest absolute Gasteiger partial charge is 0.340 e. The standard InChI is InChI=1S/C16H14F2N2O2S/c1-3-22-15(21)10-5-8-20(14(10)16(2,17)18)12-4-7-19-11-6-9-23-13(11)12/h4-9H,3H2,1-2H3. The zero-order chi connectivity index (χ0) is 16.6. The number of hydrogen-bond acceptors (Lipinski definition) is 4. The predicted molar refractivity (Wildman–Crippen MR) is 84.5 cm³/mol. The van der Waals surface area contributed by atoms with Crippen LogP contribution < -0.4 is 0 Å². The highest BCUT2D eigenvalue weighted by atomic mass is 32.1. The van der Waals surface area contributed by atoms with Crippen LogP contribution in [0.15, 0.2) is 36.0 Å². The molecule has 23 heavy (non-hydrogen) atoms. The van der Waals surface area contributed by atoms with E-state index in [1.54, 1.807) is 19.2 Å². The summed E-state index contributed by atoms with van der Waals surface area (Å²) in [5, 5.41) is 1.85. The Kier molecular flexibility index (Phi) is 3.89. The van der Waals surface area contributed by atoms with E-state index in [1.165, 1.54) is 28.2 Å². The summed E-state index contributed by atoms with van der Waals surface area (Å²) < 4.78 is 35.4. The summed E-state index contributed by atoms with van der Waals surface area (Å²) >= 11 is 1.41. The van der Waals surface area contributed by atoms with Crippen molar-refractivity contribution in [3.8, 4) is 5.69 Å². The number of aromatic nitrogens is 2. The van der Waals surface area contributed by atoms with Gasteiger partial charge in [0.2, 0.25) is 0 Å². The molecule has 0 radical (unpaired) electrons. The molecule has 0 saturated carbocycles. The van der Waals surface area contributed by atoms with Crippen LogP contribution in [0.1, 0.15) is 29.9 Å². The molecule has 0 aromatic carbocycles. The van der Waals surface area contributed by atoms with E-state index in [4.69, 9.17) is 4.74 Å². The van der Waals surface area contributed by atoms with Crippen molar-refractivity contribution in [3.05, 3.63) is 47.2 Å². The van der Waals surface area contributed by atoms with E-state index < -0.39 is 11.9 Å². The van der Waals surface area contributed by atoms with Crippen molar-refractivity contribution in [2.45, 2.75) is 19.8 Å². The Hall–Kier alpha value is -2.28. The number of alkyl halides is 2. The van der Waals surface area contributed by atoms with Crippen LogP contribution in [0.5, 0.6) is 0 Å². The summed E-state index contributed by atoms with van der Waals surface area (Å²) in [6, 6.07) is 4.84. The van der Waals surface area contributed by atoms with Crippen molar-refractivity contribution >= 4 is 27.5 Å². The third-order valence-corrected chi connectivity index (χ3v) is 4.31. The van der Waals surface area contributed by atoms with Gasteiger partial charge in [0.25, 0.3) is 5.92 Å². The molecule has 3 aromatic heterocycles. The first-order valence-corrected chi connectivity index (χ1v) is 7.90. The van der Waals surface area contributed by atoms with Crippen molar-refractivity contribution in [2.75, 3.05) is 6.61 Å². The maximum atomic E-state index is 14.2. The summed E-state index contributed by atoms with van der Waals surface area (Å²) in [5.41, 5.74) is 0.791. The highest BCUT2D eigenvalue weighted by Gasteiger charge is 2.35. The molecule has 0 amide bonds. The zero-order valence-electron chi connectivity index (χ0n) is 12.5. The van der Waals surface area contributed by atoms with Crippen LogP contribution in [0.25, 0.3) is 15.9 Å². The quantitative estimate of drug-likeness (QED) is 0.664. The number of rotatable bonds is 4. The lowest BCUT2D eigenvalue weighted by molar-refractivity contribution is 0.00835. The van der Waals surface area contributed by atoms with Gasteiger partial charge in [-0.25, -0.2) is 4.79 Å². The van der Waals surface area contributed by atoms with Gasteiger partial charge in [0.15, 0.2) is 0 Å². The predicted octanol–water partition coefficient (Wildman–Crippen LogP) is 4.38. The average Bonchev–Trinajstić information content (AvgIpc) is 3.13. The molecule has 3 heterocycles. The second kappa shape index (κ2) is 5.73. The van der Waals surface area contributed by atoms with Crippen LogP contribution in [0.3, 0.4) is 0 Å². The normalized spacial score (nSPS) is 11.8. The second-order valence-electron chi connectivity index (χ2n) is 5.02. The Morgan fingerprint density at radius 2 is 2.17 bits per heavy atom. The van der Waals surface area contributed by atoms with Gasteiger partial charge in [-0.2, -0.15) is 8.78 Å². The van der Waals surface area contributed by atoms with E-state index in [2.05, 4.69) is 4.98 Å². The minimum Gasteiger partial charge on any atom is -0.462 e. The molecular formula is C16H14F2N2O2S. The first kappa shape index (κ1) is 15.6. The maximum Gasteiger partial charge on any atom is 0.340 e. The molecular weight excluding hydrogens is 322 g/mol. The number of thiophene rings is 1. The van der Waals surface area contributed by atoms with E-state index in [1.807, 2.05) is 11.4 Å². The number of ether oxygens (including phenoxy) is 1. The summed E-state index contributed by atoms with van der Waals surface area (Å²) in [4.78, 5) is 16.2. The number of fused-ring (bicyclic) bond motifs is 1. The third-order valence-electron chi connectivity index (χ3n) is 3.38. The van der Waals surface area contributed by atoms with Crippen LogP contribution in [-0.2, 0) is 10.7 Å². The lowest BCUT2D eigenvalue weighted by atomic mass is 10.1. The number of esters is 1. The van der Waals surface area contributed by atoms with Crippen molar-refractivity contribution in [1.29, 1.82) is 0 Å². The fourth-order valence-electron chi connectivity index (χ4n) is 2.50. The number of hydrogen-bond donors (Lipinski definition) is 0. The minimum atomic E-state index is -3.20. The Morgan fingerprint density at radius 1 is 1.39 bits per heavy atom. The molecule has 0 atom stereocenters. The maximum absolute atomic E-state index is 14.2. The summed E-state index contributed by atoms with van der Waals surface area (Å²) in [5.74, 6) is -3.95. The fourth-order valence-corrected chi connectivity index (χ4v) is 3.37. The molecule has 7 heteroatoms. The van der Waals surface area contributed by atoms with E-state index in [0.29, 0.717) is 5.69 Å². The second-order valence-corrected chi connectivity index (χ2v) is 5.94. The molecule has 0 N–H and O–H groups in total. The van der Waals surface area contributed by atoms with Gasteiger partial charge in [0.05, 0.1) is 28.1 Å². The number of carbonyl (C=O) groups excluding carboxylic acids is 1. The molecule has 0 aliphatic rings. The van der Waals surface area contributed by atoms with E-state index in [9.17, 15) is 13.6 Å². The van der Waals surface area contributed by atoms with Crippen molar-refractivity contribution in [1.82, 2.24) is 9.55 Å². The monoisotopic (exact) mass is 336 g/mol. The van der Waals surface area contributed by atoms with Gasteiger partial charge in [-0.15, -0.1) is 11.3 Å². The topological polar surface area (TPSA) is 44.1 Å². The Morgan fingerprint density at radius 3 is 2.87 bits per heavy atom. The molecule has 0 saturated heterocycles. The SMILES string of the molecule is CCOC(=O)c1ccn(-c2ccnc3ccsc23)c1C(C)(F)F. The van der Waals surface area contributed by atoms with Crippen LogP contribution in [0, 0.1) is 0 Å². The minimum absolute atomic E-state index is 0.124. The molecule has 0 aliphatic heterocycles. The van der Waals surface area contributed by atoms with Gasteiger partial charge in [0.1, 0.15) is 5.69 Å². The highest BCUT2D eigenvalue weighted by molar-refractivity contribution is 7.17. The summed E-state index contributed by atoms with van der Waals surface area (Å²) in [6.07, 6.45) is 3.03. The number of nitrogens with zero attached hydrogens (tertiary/aromatic N) is 2. The molecule has 0 aliphatic carbocycles. The van der Waals surface area contributed by atoms with Crippen LogP contribution >= 0.6 is 11.3 Å². The van der Waals surface area contributed by atoms with Crippen molar-refractivity contribution in [3.63, 3.8) is 0 Å². The van der Waals surface area contributed by atoms with E-state index in [-0.39, 0.29) is 17.9 Å². The van der Waals surface area contributed by atoms with Crippen LogP contribution in [0.4, 0.5) is 8.78 Å². The highest BCUT2D eigenvalue weighted by Crippen LogP contribution is 2.35. The van der Waals surface area contributed by atoms with E-state index in [0.717, 1.165) is 17.1 Å². The Labute approximate surface area is 135 Å². The van der Waals surface area contributed by atoms with Gasteiger partial charge in [-0.1, -0.05) is 0 Å². The molecule has 120 valence electrons. The third kappa shape index (κ3) is 2.72. The average molecular weight is 336 g/mol. The number of pyridine rings is 1. The van der Waals surface area contributed by atoms with Crippen molar-refractivity contribution < 1.29 is 18.3 Å². The Balaban J connectivity index is 2.24. The molecule has 0 bridgehead atoms. The van der Waals surface area contributed by atoms with Gasteiger partial charge >= 0.3 is 5.97 Å². The van der Waals surface area contributed by atoms with Crippen LogP contribution in [-0.4, -0.2) is 22.1 Å². The van der Waals surface area contributed by atoms with Gasteiger partial charge in [-0.05, 0) is 30.5 Å². The molecule has 3 rings (SSSR count). The molecule has 0 unspecified atom stereocenters. The number of carbonyl (C=O) groups is 1. The van der Waals surface area contributed by atoms with Crippen molar-refractivity contribution in [2.24, 2.45) is 0 Å². The molecule has 0 spiro atoms. The number of halogens is 2. The van der Waals surface area contributed by atoms with E-state index >= 15 is 0 Å². The summed E-state index contributed by atoms with van der Waals surface area (Å²) in [6.45, 7) is 2.54. The Bertz CT molecular complexity index is 864. The zero-order valence-corrected chi connectivity index (χ0v) is 13.4. The largest absolute Gasteiger partial charge is 0.462 e. The van der Waals surface area contributed by atoms with Gasteiger partial charge in [0, 0.05) is 19.3 Å². The fraction of sp³-hybridized carbons (Fsp3) is 0.250. The molecule has 3 aromatic rings. The van der Waals surface area contributed by atoms with Gasteiger partial charge in [-0.3, -0.25) is 4.98 Å². The lowest BCUT2D eigenvalue weighted by Gasteiger charge is -2.17. The first-order chi connectivity index (χ1) is 10.9. The molecule has 4 nitrogen and oxygen atoms in total. The first-order valence-electron chi connectivity index (χ1n) is 7.03. The van der Waals surface area contributed by atoms with Gasteiger partial charge < -0.3 is 9.30 Å².